The average Bonchev–Trinajstić information content (AvgIpc) is 2.89. The molecular formula is C15H11NO3. The van der Waals surface area contributed by atoms with E-state index in [0.717, 1.165) is 11.8 Å². The number of methoxy groups -OCH3 is 1. The topological polar surface area (TPSA) is 52.3 Å². The molecule has 3 aromatic rings. The van der Waals surface area contributed by atoms with Gasteiger partial charge < -0.3 is 9.15 Å². The Morgan fingerprint density at radius 3 is 2.84 bits per heavy atom. The van der Waals surface area contributed by atoms with Crippen LogP contribution in [0, 0.1) is 0 Å². The van der Waals surface area contributed by atoms with E-state index in [1.165, 1.54) is 0 Å². The number of oxazole rings is 1. The first kappa shape index (κ1) is 11.5. The molecule has 0 N–H and O–H groups in total. The molecule has 19 heavy (non-hydrogen) atoms. The van der Waals surface area contributed by atoms with Gasteiger partial charge in [-0.25, -0.2) is 4.98 Å². The van der Waals surface area contributed by atoms with Crippen molar-refractivity contribution < 1.29 is 13.9 Å². The van der Waals surface area contributed by atoms with E-state index in [2.05, 4.69) is 4.98 Å². The number of rotatable bonds is 3. The van der Waals surface area contributed by atoms with Crippen molar-refractivity contribution in [3.63, 3.8) is 0 Å². The van der Waals surface area contributed by atoms with Gasteiger partial charge >= 0.3 is 0 Å². The zero-order valence-corrected chi connectivity index (χ0v) is 10.3. The summed E-state index contributed by atoms with van der Waals surface area (Å²) in [5.74, 6) is 1.18. The van der Waals surface area contributed by atoms with Gasteiger partial charge in [-0.3, -0.25) is 4.79 Å². The highest BCUT2D eigenvalue weighted by atomic mass is 16.5. The molecule has 0 unspecified atom stereocenters. The van der Waals surface area contributed by atoms with Crippen LogP contribution in [0.2, 0.25) is 0 Å². The van der Waals surface area contributed by atoms with Gasteiger partial charge in [-0.15, -0.1) is 0 Å². The number of nitrogens with zero attached hydrogens (tertiary/aromatic N) is 1. The van der Waals surface area contributed by atoms with Crippen LogP contribution in [0.1, 0.15) is 10.4 Å². The molecule has 4 nitrogen and oxygen atoms in total. The second kappa shape index (κ2) is 4.57. The quantitative estimate of drug-likeness (QED) is 0.672. The summed E-state index contributed by atoms with van der Waals surface area (Å²) in [5.41, 5.74) is 2.67. The van der Waals surface area contributed by atoms with Gasteiger partial charge in [-0.1, -0.05) is 12.1 Å². The van der Waals surface area contributed by atoms with Crippen LogP contribution in [0.15, 0.2) is 46.9 Å². The largest absolute Gasteiger partial charge is 0.496 e. The molecular weight excluding hydrogens is 242 g/mol. The van der Waals surface area contributed by atoms with Crippen LogP contribution in [0.5, 0.6) is 5.75 Å². The SMILES string of the molecule is COc1ccccc1-c1nc2cc(C=O)ccc2o1. The Labute approximate surface area is 109 Å². The summed E-state index contributed by atoms with van der Waals surface area (Å²) in [6.07, 6.45) is 0.789. The summed E-state index contributed by atoms with van der Waals surface area (Å²) in [7, 11) is 1.60. The fraction of sp³-hybridized carbons (Fsp3) is 0.0667. The maximum atomic E-state index is 10.7. The second-order valence-electron chi connectivity index (χ2n) is 4.06. The lowest BCUT2D eigenvalue weighted by Gasteiger charge is -2.03. The number of fused-ring (bicyclic) bond motifs is 1. The Kier molecular flexibility index (Phi) is 2.76. The van der Waals surface area contributed by atoms with Crippen molar-refractivity contribution in [2.24, 2.45) is 0 Å². The molecule has 94 valence electrons. The van der Waals surface area contributed by atoms with E-state index in [-0.39, 0.29) is 0 Å². The van der Waals surface area contributed by atoms with Crippen molar-refractivity contribution in [1.82, 2.24) is 4.98 Å². The summed E-state index contributed by atoms with van der Waals surface area (Å²) >= 11 is 0. The van der Waals surface area contributed by atoms with Crippen LogP contribution in [-0.2, 0) is 0 Å². The fourth-order valence-corrected chi connectivity index (χ4v) is 1.95. The first-order valence-corrected chi connectivity index (χ1v) is 5.81. The zero-order chi connectivity index (χ0) is 13.2. The minimum Gasteiger partial charge on any atom is -0.496 e. The van der Waals surface area contributed by atoms with Crippen LogP contribution >= 0.6 is 0 Å². The number of aromatic nitrogens is 1. The smallest absolute Gasteiger partial charge is 0.231 e. The van der Waals surface area contributed by atoms with Gasteiger partial charge in [-0.05, 0) is 30.3 Å². The van der Waals surface area contributed by atoms with Crippen molar-refractivity contribution in [2.75, 3.05) is 7.11 Å². The van der Waals surface area contributed by atoms with Gasteiger partial charge in [0.2, 0.25) is 5.89 Å². The number of para-hydroxylation sites is 1. The molecule has 0 radical (unpaired) electrons. The maximum absolute atomic E-state index is 10.7. The monoisotopic (exact) mass is 253 g/mol. The summed E-state index contributed by atoms with van der Waals surface area (Å²) in [4.78, 5) is 15.1. The van der Waals surface area contributed by atoms with Gasteiger partial charge in [0.1, 0.15) is 17.6 Å². The van der Waals surface area contributed by atoms with E-state index in [9.17, 15) is 4.79 Å². The predicted molar refractivity (Wildman–Crippen MR) is 71.4 cm³/mol. The molecule has 1 aromatic heterocycles. The van der Waals surface area contributed by atoms with Crippen molar-refractivity contribution in [2.45, 2.75) is 0 Å². The maximum Gasteiger partial charge on any atom is 0.231 e. The third kappa shape index (κ3) is 1.97. The number of hydrogen-bond acceptors (Lipinski definition) is 4. The number of carbonyl (C=O) groups is 1. The average molecular weight is 253 g/mol. The highest BCUT2D eigenvalue weighted by Crippen LogP contribution is 2.31. The van der Waals surface area contributed by atoms with Gasteiger partial charge in [0.25, 0.3) is 0 Å². The highest BCUT2D eigenvalue weighted by molar-refractivity contribution is 5.85. The van der Waals surface area contributed by atoms with Crippen molar-refractivity contribution in [1.29, 1.82) is 0 Å². The number of ether oxygens (including phenoxy) is 1. The molecule has 0 aliphatic carbocycles. The Balaban J connectivity index is 2.17. The van der Waals surface area contributed by atoms with Gasteiger partial charge in [0.05, 0.1) is 12.7 Å². The van der Waals surface area contributed by atoms with Gasteiger partial charge in [0, 0.05) is 5.56 Å². The summed E-state index contributed by atoms with van der Waals surface area (Å²) in [6.45, 7) is 0. The third-order valence-corrected chi connectivity index (χ3v) is 2.89. The number of hydrogen-bond donors (Lipinski definition) is 0. The molecule has 0 spiro atoms. The Morgan fingerprint density at radius 2 is 2.05 bits per heavy atom. The second-order valence-corrected chi connectivity index (χ2v) is 4.06. The van der Waals surface area contributed by atoms with E-state index in [0.29, 0.717) is 28.3 Å². The van der Waals surface area contributed by atoms with Crippen LogP contribution in [0.4, 0.5) is 0 Å². The zero-order valence-electron chi connectivity index (χ0n) is 10.3. The Bertz CT molecular complexity index is 746. The third-order valence-electron chi connectivity index (χ3n) is 2.89. The molecule has 4 heteroatoms. The summed E-state index contributed by atoms with van der Waals surface area (Å²) in [5, 5.41) is 0. The van der Waals surface area contributed by atoms with E-state index in [1.54, 1.807) is 25.3 Å². The first-order chi connectivity index (χ1) is 9.31. The molecule has 0 aliphatic heterocycles. The van der Waals surface area contributed by atoms with E-state index >= 15 is 0 Å². The first-order valence-electron chi connectivity index (χ1n) is 5.81. The minimum absolute atomic E-state index is 0.482. The lowest BCUT2D eigenvalue weighted by molar-refractivity contribution is 0.112. The lowest BCUT2D eigenvalue weighted by atomic mass is 10.2. The molecule has 2 aromatic carbocycles. The summed E-state index contributed by atoms with van der Waals surface area (Å²) in [6, 6.07) is 12.6. The highest BCUT2D eigenvalue weighted by Gasteiger charge is 2.12. The van der Waals surface area contributed by atoms with Gasteiger partial charge in [0.15, 0.2) is 5.58 Å². The van der Waals surface area contributed by atoms with E-state index < -0.39 is 0 Å². The molecule has 0 saturated carbocycles. The normalized spacial score (nSPS) is 10.6. The molecule has 0 atom stereocenters. The number of aldehydes is 1. The van der Waals surface area contributed by atoms with Crippen molar-refractivity contribution in [3.8, 4) is 17.2 Å². The predicted octanol–water partition coefficient (Wildman–Crippen LogP) is 3.32. The van der Waals surface area contributed by atoms with E-state index in [4.69, 9.17) is 9.15 Å². The van der Waals surface area contributed by atoms with Gasteiger partial charge in [-0.2, -0.15) is 0 Å². The summed E-state index contributed by atoms with van der Waals surface area (Å²) < 4.78 is 11.0. The van der Waals surface area contributed by atoms with E-state index in [1.807, 2.05) is 24.3 Å². The molecule has 0 bridgehead atoms. The molecule has 0 amide bonds. The minimum atomic E-state index is 0.482. The molecule has 1 heterocycles. The fourth-order valence-electron chi connectivity index (χ4n) is 1.95. The standard InChI is InChI=1S/C15H11NO3/c1-18-13-5-3-2-4-11(13)15-16-12-8-10(9-17)6-7-14(12)19-15/h2-9H,1H3. The molecule has 3 rings (SSSR count). The number of benzene rings is 2. The molecule has 0 aliphatic rings. The lowest BCUT2D eigenvalue weighted by Crippen LogP contribution is -1.86. The molecule has 0 fully saturated rings. The van der Waals surface area contributed by atoms with Crippen LogP contribution in [0.3, 0.4) is 0 Å². The Morgan fingerprint density at radius 1 is 1.21 bits per heavy atom. The Hall–Kier alpha value is -2.62. The molecule has 0 saturated heterocycles. The number of carbonyl (C=O) groups excluding carboxylic acids is 1. The van der Waals surface area contributed by atoms with Crippen molar-refractivity contribution in [3.05, 3.63) is 48.0 Å². The van der Waals surface area contributed by atoms with Crippen LogP contribution in [0.25, 0.3) is 22.6 Å². The van der Waals surface area contributed by atoms with Crippen LogP contribution in [-0.4, -0.2) is 18.4 Å². The van der Waals surface area contributed by atoms with Crippen molar-refractivity contribution >= 4 is 17.4 Å². The van der Waals surface area contributed by atoms with Crippen LogP contribution < -0.4 is 4.74 Å².